The zero-order chi connectivity index (χ0) is 16.4. The van der Waals surface area contributed by atoms with E-state index in [-0.39, 0.29) is 23.1 Å². The maximum atomic E-state index is 13.6. The SMILES string of the molecule is CC1(C)C[C@@H](NC(=O)c2cc(F)ccc2-n2cnnn2)CCO1. The maximum Gasteiger partial charge on any atom is 0.253 e. The Balaban J connectivity index is 1.83. The number of hydrogen-bond donors (Lipinski definition) is 1. The maximum absolute atomic E-state index is 13.6. The summed E-state index contributed by atoms with van der Waals surface area (Å²) in [5.74, 6) is -0.836. The van der Waals surface area contributed by atoms with Gasteiger partial charge < -0.3 is 10.1 Å². The Morgan fingerprint density at radius 3 is 3.00 bits per heavy atom. The summed E-state index contributed by atoms with van der Waals surface area (Å²) >= 11 is 0. The fraction of sp³-hybridized carbons (Fsp3) is 0.467. The van der Waals surface area contributed by atoms with Gasteiger partial charge in [-0.15, -0.1) is 5.10 Å². The monoisotopic (exact) mass is 319 g/mol. The second-order valence-electron chi connectivity index (χ2n) is 6.19. The van der Waals surface area contributed by atoms with Crippen molar-refractivity contribution in [2.24, 2.45) is 0 Å². The van der Waals surface area contributed by atoms with Crippen LogP contribution in [0.1, 0.15) is 37.0 Å². The predicted molar refractivity (Wildman–Crippen MR) is 79.6 cm³/mol. The highest BCUT2D eigenvalue weighted by atomic mass is 19.1. The van der Waals surface area contributed by atoms with Crippen molar-refractivity contribution >= 4 is 5.91 Å². The van der Waals surface area contributed by atoms with Crippen LogP contribution in [0.4, 0.5) is 4.39 Å². The van der Waals surface area contributed by atoms with E-state index >= 15 is 0 Å². The second kappa shape index (κ2) is 6.04. The Kier molecular flexibility index (Phi) is 4.08. The highest BCUT2D eigenvalue weighted by Crippen LogP contribution is 2.24. The molecule has 1 fully saturated rings. The lowest BCUT2D eigenvalue weighted by molar-refractivity contribution is -0.0615. The number of amides is 1. The summed E-state index contributed by atoms with van der Waals surface area (Å²) in [7, 11) is 0. The summed E-state index contributed by atoms with van der Waals surface area (Å²) in [6.45, 7) is 4.56. The van der Waals surface area contributed by atoms with Crippen LogP contribution in [0.3, 0.4) is 0 Å². The van der Waals surface area contributed by atoms with E-state index in [2.05, 4.69) is 20.8 Å². The van der Waals surface area contributed by atoms with E-state index in [1.807, 2.05) is 13.8 Å². The summed E-state index contributed by atoms with van der Waals surface area (Å²) in [5.41, 5.74) is 0.346. The lowest BCUT2D eigenvalue weighted by atomic mass is 9.93. The van der Waals surface area contributed by atoms with Gasteiger partial charge in [-0.1, -0.05) is 0 Å². The zero-order valence-electron chi connectivity index (χ0n) is 13.0. The molecule has 1 atom stereocenters. The summed E-state index contributed by atoms with van der Waals surface area (Å²) < 4.78 is 20.6. The highest BCUT2D eigenvalue weighted by Gasteiger charge is 2.30. The Morgan fingerprint density at radius 2 is 2.30 bits per heavy atom. The van der Waals surface area contributed by atoms with E-state index < -0.39 is 5.82 Å². The molecule has 1 aromatic heterocycles. The number of ether oxygens (including phenoxy) is 1. The fourth-order valence-corrected chi connectivity index (χ4v) is 2.78. The van der Waals surface area contributed by atoms with E-state index in [4.69, 9.17) is 4.74 Å². The topological polar surface area (TPSA) is 81.9 Å². The first kappa shape index (κ1) is 15.5. The molecular weight excluding hydrogens is 301 g/mol. The van der Waals surface area contributed by atoms with Gasteiger partial charge in [-0.25, -0.2) is 4.39 Å². The highest BCUT2D eigenvalue weighted by molar-refractivity contribution is 5.97. The van der Waals surface area contributed by atoms with Gasteiger partial charge in [0.25, 0.3) is 5.91 Å². The Bertz CT molecular complexity index is 702. The molecule has 1 aliphatic heterocycles. The van der Waals surface area contributed by atoms with Crippen molar-refractivity contribution in [2.45, 2.75) is 38.3 Å². The molecule has 0 radical (unpaired) electrons. The number of nitrogens with one attached hydrogen (secondary N) is 1. The predicted octanol–water partition coefficient (Wildman–Crippen LogP) is 1.49. The first-order valence-corrected chi connectivity index (χ1v) is 7.42. The van der Waals surface area contributed by atoms with Crippen molar-refractivity contribution in [1.82, 2.24) is 25.5 Å². The average molecular weight is 319 g/mol. The van der Waals surface area contributed by atoms with Gasteiger partial charge in [-0.05, 0) is 55.3 Å². The number of tetrazole rings is 1. The minimum absolute atomic E-state index is 0.0174. The number of hydrogen-bond acceptors (Lipinski definition) is 5. The number of aromatic nitrogens is 4. The van der Waals surface area contributed by atoms with E-state index in [1.54, 1.807) is 0 Å². The van der Waals surface area contributed by atoms with Crippen LogP contribution in [0.2, 0.25) is 0 Å². The third-order valence-corrected chi connectivity index (χ3v) is 3.83. The number of rotatable bonds is 3. The van der Waals surface area contributed by atoms with Crippen molar-refractivity contribution < 1.29 is 13.9 Å². The molecule has 1 N–H and O–H groups in total. The molecule has 0 spiro atoms. The lowest BCUT2D eigenvalue weighted by Gasteiger charge is -2.35. The molecule has 0 unspecified atom stereocenters. The minimum atomic E-state index is -0.487. The Morgan fingerprint density at radius 1 is 1.48 bits per heavy atom. The van der Waals surface area contributed by atoms with Crippen LogP contribution in [0.5, 0.6) is 0 Å². The lowest BCUT2D eigenvalue weighted by Crippen LogP contribution is -2.46. The van der Waals surface area contributed by atoms with Crippen LogP contribution in [0, 0.1) is 5.82 Å². The quantitative estimate of drug-likeness (QED) is 0.927. The molecule has 8 heteroatoms. The molecule has 2 heterocycles. The Labute approximate surface area is 132 Å². The van der Waals surface area contributed by atoms with Gasteiger partial charge in [0.15, 0.2) is 0 Å². The largest absolute Gasteiger partial charge is 0.375 e. The number of nitrogens with zero attached hydrogens (tertiary/aromatic N) is 4. The normalized spacial score (nSPS) is 20.2. The fourth-order valence-electron chi connectivity index (χ4n) is 2.78. The average Bonchev–Trinajstić information content (AvgIpc) is 3.00. The summed E-state index contributed by atoms with van der Waals surface area (Å²) in [4.78, 5) is 12.6. The molecule has 122 valence electrons. The van der Waals surface area contributed by atoms with E-state index in [0.29, 0.717) is 18.7 Å². The zero-order valence-corrected chi connectivity index (χ0v) is 13.0. The van der Waals surface area contributed by atoms with Crippen LogP contribution in [-0.2, 0) is 4.74 Å². The van der Waals surface area contributed by atoms with E-state index in [9.17, 15) is 9.18 Å². The molecule has 3 rings (SSSR count). The first-order chi connectivity index (χ1) is 10.9. The van der Waals surface area contributed by atoms with Gasteiger partial charge in [-0.2, -0.15) is 4.68 Å². The molecule has 1 amide bonds. The minimum Gasteiger partial charge on any atom is -0.375 e. The third-order valence-electron chi connectivity index (χ3n) is 3.83. The van der Waals surface area contributed by atoms with Gasteiger partial charge >= 0.3 is 0 Å². The van der Waals surface area contributed by atoms with Gasteiger partial charge in [0.1, 0.15) is 12.1 Å². The second-order valence-corrected chi connectivity index (χ2v) is 6.19. The van der Waals surface area contributed by atoms with Gasteiger partial charge in [0.05, 0.1) is 16.9 Å². The molecule has 23 heavy (non-hydrogen) atoms. The molecule has 0 aliphatic carbocycles. The van der Waals surface area contributed by atoms with Crippen molar-refractivity contribution in [2.75, 3.05) is 6.61 Å². The van der Waals surface area contributed by atoms with Crippen molar-refractivity contribution in [1.29, 1.82) is 0 Å². The van der Waals surface area contributed by atoms with Crippen molar-refractivity contribution in [3.05, 3.63) is 35.9 Å². The van der Waals surface area contributed by atoms with Gasteiger partial charge in [-0.3, -0.25) is 4.79 Å². The molecule has 2 aromatic rings. The molecule has 1 aliphatic rings. The molecule has 0 saturated carbocycles. The summed E-state index contributed by atoms with van der Waals surface area (Å²) in [6, 6.07) is 3.92. The van der Waals surface area contributed by atoms with E-state index in [1.165, 1.54) is 29.2 Å². The molecular formula is C15H18FN5O2. The van der Waals surface area contributed by atoms with Crippen LogP contribution in [-0.4, -0.2) is 44.4 Å². The van der Waals surface area contributed by atoms with Crippen molar-refractivity contribution in [3.8, 4) is 5.69 Å². The number of halogens is 1. The Hall–Kier alpha value is -2.35. The molecule has 0 bridgehead atoms. The number of benzene rings is 1. The third kappa shape index (κ3) is 3.53. The van der Waals surface area contributed by atoms with Crippen LogP contribution in [0.25, 0.3) is 5.69 Å². The summed E-state index contributed by atoms with van der Waals surface area (Å²) in [6.07, 6.45) is 2.79. The smallest absolute Gasteiger partial charge is 0.253 e. The number of carbonyl (C=O) groups is 1. The van der Waals surface area contributed by atoms with E-state index in [0.717, 1.165) is 6.42 Å². The summed E-state index contributed by atoms with van der Waals surface area (Å²) in [5, 5.41) is 13.8. The van der Waals surface area contributed by atoms with Crippen molar-refractivity contribution in [3.63, 3.8) is 0 Å². The molecule has 7 nitrogen and oxygen atoms in total. The van der Waals surface area contributed by atoms with Crippen LogP contribution in [0.15, 0.2) is 24.5 Å². The number of carbonyl (C=O) groups excluding carboxylic acids is 1. The molecule has 1 saturated heterocycles. The van der Waals surface area contributed by atoms with Crippen LogP contribution < -0.4 is 5.32 Å². The van der Waals surface area contributed by atoms with Crippen LogP contribution >= 0.6 is 0 Å². The molecule has 1 aromatic carbocycles. The first-order valence-electron chi connectivity index (χ1n) is 7.42. The standard InChI is InChI=1S/C15H18FN5O2/c1-15(2)8-11(5-6-23-15)18-14(22)12-7-10(16)3-4-13(12)21-9-17-19-20-21/h3-4,7,9,11H,5-6,8H2,1-2H3,(H,18,22)/t11-/m0/s1. The van der Waals surface area contributed by atoms with Gasteiger partial charge in [0, 0.05) is 12.6 Å². The van der Waals surface area contributed by atoms with Gasteiger partial charge in [0.2, 0.25) is 0 Å².